The lowest BCUT2D eigenvalue weighted by Crippen LogP contribution is -2.22. The Morgan fingerprint density at radius 3 is 2.70 bits per heavy atom. The van der Waals surface area contributed by atoms with Gasteiger partial charge >= 0.3 is 0 Å². The van der Waals surface area contributed by atoms with Crippen LogP contribution in [0.2, 0.25) is 0 Å². The first-order chi connectivity index (χ1) is 9.79. The van der Waals surface area contributed by atoms with Gasteiger partial charge in [-0.25, -0.2) is 4.98 Å². The molecule has 0 saturated heterocycles. The van der Waals surface area contributed by atoms with Crippen LogP contribution in [0, 0.1) is 0 Å². The Hall–Kier alpha value is -2.17. The van der Waals surface area contributed by atoms with Crippen molar-refractivity contribution in [3.05, 3.63) is 42.5 Å². The lowest BCUT2D eigenvalue weighted by Gasteiger charge is -2.18. The SMILES string of the molecule is CCCNc1cncc(N(C)CCc2ccncc2)n1. The topological polar surface area (TPSA) is 53.9 Å². The first-order valence-electron chi connectivity index (χ1n) is 6.95. The summed E-state index contributed by atoms with van der Waals surface area (Å²) >= 11 is 0. The fourth-order valence-electron chi connectivity index (χ4n) is 1.84. The van der Waals surface area contributed by atoms with Crippen LogP contribution in [0.5, 0.6) is 0 Å². The molecule has 5 nitrogen and oxygen atoms in total. The Bertz CT molecular complexity index is 515. The quantitative estimate of drug-likeness (QED) is 0.838. The average molecular weight is 271 g/mol. The van der Waals surface area contributed by atoms with Gasteiger partial charge in [-0.2, -0.15) is 0 Å². The predicted molar refractivity (Wildman–Crippen MR) is 82.0 cm³/mol. The molecule has 0 bridgehead atoms. The molecule has 0 amide bonds. The van der Waals surface area contributed by atoms with Gasteiger partial charge < -0.3 is 10.2 Å². The molecule has 0 aromatic carbocycles. The Labute approximate surface area is 120 Å². The fraction of sp³-hybridized carbons (Fsp3) is 0.400. The number of likely N-dealkylation sites (N-methyl/N-ethyl adjacent to an activating group) is 1. The van der Waals surface area contributed by atoms with E-state index in [4.69, 9.17) is 0 Å². The standard InChI is InChI=1S/C15H21N5/c1-3-7-18-14-11-17-12-15(19-14)20(2)10-6-13-4-8-16-9-5-13/h4-5,8-9,11-12H,3,6-7,10H2,1-2H3,(H,18,19). The number of anilines is 2. The molecule has 0 saturated carbocycles. The monoisotopic (exact) mass is 271 g/mol. The molecule has 0 unspecified atom stereocenters. The number of rotatable bonds is 7. The first kappa shape index (κ1) is 14.2. The average Bonchev–Trinajstić information content (AvgIpc) is 2.52. The van der Waals surface area contributed by atoms with Gasteiger partial charge in [0, 0.05) is 32.5 Å². The molecule has 0 atom stereocenters. The van der Waals surface area contributed by atoms with Crippen molar-refractivity contribution < 1.29 is 0 Å². The van der Waals surface area contributed by atoms with Gasteiger partial charge in [-0.15, -0.1) is 0 Å². The predicted octanol–water partition coefficient (Wildman–Crippen LogP) is 2.37. The van der Waals surface area contributed by atoms with Crippen molar-refractivity contribution in [1.29, 1.82) is 0 Å². The van der Waals surface area contributed by atoms with Gasteiger partial charge in [-0.3, -0.25) is 9.97 Å². The summed E-state index contributed by atoms with van der Waals surface area (Å²) in [5.74, 6) is 1.72. The summed E-state index contributed by atoms with van der Waals surface area (Å²) in [6.45, 7) is 3.94. The maximum atomic E-state index is 4.56. The van der Waals surface area contributed by atoms with Crippen LogP contribution in [0.15, 0.2) is 36.9 Å². The molecule has 2 aromatic heterocycles. The van der Waals surface area contributed by atoms with Crippen LogP contribution >= 0.6 is 0 Å². The van der Waals surface area contributed by atoms with E-state index >= 15 is 0 Å². The van der Waals surface area contributed by atoms with Crippen LogP contribution in [0.25, 0.3) is 0 Å². The lowest BCUT2D eigenvalue weighted by molar-refractivity contribution is 0.852. The second-order valence-electron chi connectivity index (χ2n) is 4.72. The largest absolute Gasteiger partial charge is 0.369 e. The van der Waals surface area contributed by atoms with E-state index in [0.717, 1.165) is 37.6 Å². The summed E-state index contributed by atoms with van der Waals surface area (Å²) in [5, 5.41) is 3.25. The van der Waals surface area contributed by atoms with Crippen molar-refractivity contribution in [2.24, 2.45) is 0 Å². The molecule has 20 heavy (non-hydrogen) atoms. The van der Waals surface area contributed by atoms with Crippen LogP contribution in [0.4, 0.5) is 11.6 Å². The molecule has 106 valence electrons. The third-order valence-electron chi connectivity index (χ3n) is 3.05. The zero-order valence-corrected chi connectivity index (χ0v) is 12.1. The van der Waals surface area contributed by atoms with Crippen molar-refractivity contribution in [2.45, 2.75) is 19.8 Å². The van der Waals surface area contributed by atoms with E-state index in [1.54, 1.807) is 12.4 Å². The van der Waals surface area contributed by atoms with Crippen molar-refractivity contribution >= 4 is 11.6 Å². The van der Waals surface area contributed by atoms with Crippen LogP contribution in [-0.2, 0) is 6.42 Å². The second kappa shape index (κ2) is 7.43. The number of pyridine rings is 1. The van der Waals surface area contributed by atoms with E-state index in [-0.39, 0.29) is 0 Å². The van der Waals surface area contributed by atoms with Gasteiger partial charge in [0.25, 0.3) is 0 Å². The van der Waals surface area contributed by atoms with Gasteiger partial charge in [-0.1, -0.05) is 6.92 Å². The maximum Gasteiger partial charge on any atom is 0.149 e. The third-order valence-corrected chi connectivity index (χ3v) is 3.05. The molecule has 0 radical (unpaired) electrons. The highest BCUT2D eigenvalue weighted by atomic mass is 15.2. The highest BCUT2D eigenvalue weighted by Crippen LogP contribution is 2.11. The smallest absolute Gasteiger partial charge is 0.149 e. The van der Waals surface area contributed by atoms with Crippen molar-refractivity contribution in [3.63, 3.8) is 0 Å². The molecular formula is C15H21N5. The van der Waals surface area contributed by atoms with E-state index in [0.29, 0.717) is 0 Å². The Morgan fingerprint density at radius 1 is 1.15 bits per heavy atom. The summed E-state index contributed by atoms with van der Waals surface area (Å²) in [6.07, 6.45) is 9.24. The zero-order chi connectivity index (χ0) is 14.2. The summed E-state index contributed by atoms with van der Waals surface area (Å²) in [7, 11) is 2.04. The summed E-state index contributed by atoms with van der Waals surface area (Å²) in [5.41, 5.74) is 1.28. The summed E-state index contributed by atoms with van der Waals surface area (Å²) in [4.78, 5) is 14.9. The normalized spacial score (nSPS) is 10.3. The van der Waals surface area contributed by atoms with Crippen LogP contribution in [0.3, 0.4) is 0 Å². The molecule has 0 aliphatic rings. The van der Waals surface area contributed by atoms with E-state index in [1.807, 2.05) is 31.6 Å². The number of hydrogen-bond donors (Lipinski definition) is 1. The maximum absolute atomic E-state index is 4.56. The second-order valence-corrected chi connectivity index (χ2v) is 4.72. The molecule has 0 fully saturated rings. The van der Waals surface area contributed by atoms with Crippen LogP contribution < -0.4 is 10.2 Å². The highest BCUT2D eigenvalue weighted by molar-refractivity contribution is 5.43. The third kappa shape index (κ3) is 4.19. The Morgan fingerprint density at radius 2 is 1.95 bits per heavy atom. The molecule has 0 spiro atoms. The molecule has 5 heteroatoms. The Kier molecular flexibility index (Phi) is 5.29. The minimum Gasteiger partial charge on any atom is -0.369 e. The molecular weight excluding hydrogens is 250 g/mol. The van der Waals surface area contributed by atoms with Crippen molar-refractivity contribution in [3.8, 4) is 0 Å². The van der Waals surface area contributed by atoms with Gasteiger partial charge in [0.15, 0.2) is 0 Å². The van der Waals surface area contributed by atoms with E-state index in [9.17, 15) is 0 Å². The van der Waals surface area contributed by atoms with E-state index < -0.39 is 0 Å². The van der Waals surface area contributed by atoms with Gasteiger partial charge in [-0.05, 0) is 30.5 Å². The molecule has 0 aliphatic carbocycles. The summed E-state index contributed by atoms with van der Waals surface area (Å²) < 4.78 is 0. The molecule has 2 aromatic rings. The van der Waals surface area contributed by atoms with Crippen molar-refractivity contribution in [2.75, 3.05) is 30.4 Å². The molecule has 0 aliphatic heterocycles. The summed E-state index contributed by atoms with van der Waals surface area (Å²) in [6, 6.07) is 4.08. The number of hydrogen-bond acceptors (Lipinski definition) is 5. The minimum absolute atomic E-state index is 0.833. The highest BCUT2D eigenvalue weighted by Gasteiger charge is 2.04. The zero-order valence-electron chi connectivity index (χ0n) is 12.1. The number of aromatic nitrogens is 3. The minimum atomic E-state index is 0.833. The van der Waals surface area contributed by atoms with Crippen molar-refractivity contribution in [1.82, 2.24) is 15.0 Å². The van der Waals surface area contributed by atoms with E-state index in [1.165, 1.54) is 5.56 Å². The van der Waals surface area contributed by atoms with Gasteiger partial charge in [0.05, 0.1) is 12.4 Å². The van der Waals surface area contributed by atoms with Crippen LogP contribution in [-0.4, -0.2) is 35.1 Å². The lowest BCUT2D eigenvalue weighted by atomic mass is 10.2. The first-order valence-corrected chi connectivity index (χ1v) is 6.95. The number of nitrogens with zero attached hydrogens (tertiary/aromatic N) is 4. The van der Waals surface area contributed by atoms with E-state index in [2.05, 4.69) is 32.1 Å². The molecule has 2 rings (SSSR count). The molecule has 1 N–H and O–H groups in total. The van der Waals surface area contributed by atoms with Crippen LogP contribution in [0.1, 0.15) is 18.9 Å². The van der Waals surface area contributed by atoms with Gasteiger partial charge in [0.2, 0.25) is 0 Å². The molecule has 2 heterocycles. The number of nitrogens with one attached hydrogen (secondary N) is 1. The Balaban J connectivity index is 1.93. The fourth-order valence-corrected chi connectivity index (χ4v) is 1.84. The van der Waals surface area contributed by atoms with Gasteiger partial charge in [0.1, 0.15) is 11.6 Å².